The Balaban J connectivity index is 1.56. The molecule has 1 aromatic heterocycles. The predicted octanol–water partition coefficient (Wildman–Crippen LogP) is 3.40. The molecule has 21 heavy (non-hydrogen) atoms. The smallest absolute Gasteiger partial charge is 0.254 e. The lowest BCUT2D eigenvalue weighted by Crippen LogP contribution is -2.56. The molecule has 0 N–H and O–H groups in total. The Bertz CT molecular complexity index is 657. The van der Waals surface area contributed by atoms with Gasteiger partial charge in [-0.2, -0.15) is 0 Å². The Morgan fingerprint density at radius 1 is 1.33 bits per heavy atom. The van der Waals surface area contributed by atoms with Gasteiger partial charge in [-0.25, -0.2) is 4.98 Å². The van der Waals surface area contributed by atoms with Crippen LogP contribution in [-0.4, -0.2) is 35.0 Å². The van der Waals surface area contributed by atoms with Gasteiger partial charge in [0.25, 0.3) is 5.91 Å². The third-order valence-corrected chi connectivity index (χ3v) is 3.91. The van der Waals surface area contributed by atoms with Crippen LogP contribution in [0.2, 0.25) is 5.02 Å². The minimum atomic E-state index is -0.0187. The van der Waals surface area contributed by atoms with E-state index in [4.69, 9.17) is 16.3 Å². The Morgan fingerprint density at radius 2 is 2.14 bits per heavy atom. The van der Waals surface area contributed by atoms with Crippen molar-refractivity contribution < 1.29 is 9.53 Å². The van der Waals surface area contributed by atoms with E-state index < -0.39 is 0 Å². The summed E-state index contributed by atoms with van der Waals surface area (Å²) in [7, 11) is 0. The van der Waals surface area contributed by atoms with Crippen molar-refractivity contribution in [3.05, 3.63) is 57.7 Å². The van der Waals surface area contributed by atoms with Crippen LogP contribution in [0, 0.1) is 0 Å². The van der Waals surface area contributed by atoms with Gasteiger partial charge >= 0.3 is 0 Å². The van der Waals surface area contributed by atoms with Gasteiger partial charge in [-0.1, -0.05) is 33.6 Å². The number of carbonyl (C=O) groups is 1. The maximum atomic E-state index is 12.2. The molecule has 0 unspecified atom stereocenters. The first-order valence-electron chi connectivity index (χ1n) is 6.45. The summed E-state index contributed by atoms with van der Waals surface area (Å²) in [6.07, 6.45) is 1.52. The van der Waals surface area contributed by atoms with Crippen LogP contribution in [0.5, 0.6) is 5.88 Å². The summed E-state index contributed by atoms with van der Waals surface area (Å²) in [6.45, 7) is 1.13. The quantitative estimate of drug-likeness (QED) is 0.835. The summed E-state index contributed by atoms with van der Waals surface area (Å²) < 4.78 is 6.57. The minimum Gasteiger partial charge on any atom is -0.471 e. The first-order valence-corrected chi connectivity index (χ1v) is 7.62. The van der Waals surface area contributed by atoms with Crippen molar-refractivity contribution in [2.45, 2.75) is 6.10 Å². The second kappa shape index (κ2) is 6.03. The zero-order valence-electron chi connectivity index (χ0n) is 11.0. The molecule has 1 amide bonds. The number of likely N-dealkylation sites (tertiary alicyclic amines) is 1. The van der Waals surface area contributed by atoms with E-state index in [9.17, 15) is 4.79 Å². The molecular formula is C15H12BrClN2O2. The van der Waals surface area contributed by atoms with Crippen molar-refractivity contribution in [3.8, 4) is 5.88 Å². The molecule has 6 heteroatoms. The predicted molar refractivity (Wildman–Crippen MR) is 83.7 cm³/mol. The molecule has 1 fully saturated rings. The number of hydrogen-bond donors (Lipinski definition) is 0. The number of pyridine rings is 1. The molecule has 0 spiro atoms. The maximum absolute atomic E-state index is 12.2. The van der Waals surface area contributed by atoms with E-state index in [2.05, 4.69) is 20.9 Å². The van der Waals surface area contributed by atoms with E-state index in [0.29, 0.717) is 29.6 Å². The molecule has 0 bridgehead atoms. The van der Waals surface area contributed by atoms with Crippen molar-refractivity contribution in [1.29, 1.82) is 0 Å². The summed E-state index contributed by atoms with van der Waals surface area (Å²) in [4.78, 5) is 18.1. The number of halogens is 2. The van der Waals surface area contributed by atoms with Crippen LogP contribution in [0.4, 0.5) is 0 Å². The monoisotopic (exact) mass is 366 g/mol. The lowest BCUT2D eigenvalue weighted by molar-refractivity contribution is 0.0160. The van der Waals surface area contributed by atoms with Gasteiger partial charge in [-0.15, -0.1) is 0 Å². The van der Waals surface area contributed by atoms with Crippen molar-refractivity contribution in [2.24, 2.45) is 0 Å². The van der Waals surface area contributed by atoms with Gasteiger partial charge in [-0.05, 0) is 24.3 Å². The maximum Gasteiger partial charge on any atom is 0.254 e. The summed E-state index contributed by atoms with van der Waals surface area (Å²) in [5.41, 5.74) is 0.674. The number of amides is 1. The number of benzene rings is 1. The van der Waals surface area contributed by atoms with Gasteiger partial charge < -0.3 is 9.64 Å². The topological polar surface area (TPSA) is 42.4 Å². The van der Waals surface area contributed by atoms with Crippen LogP contribution in [-0.2, 0) is 0 Å². The van der Waals surface area contributed by atoms with E-state index in [0.717, 1.165) is 4.47 Å². The van der Waals surface area contributed by atoms with Crippen molar-refractivity contribution in [2.75, 3.05) is 13.1 Å². The van der Waals surface area contributed by atoms with Crippen LogP contribution in [0.3, 0.4) is 0 Å². The number of aromatic nitrogens is 1. The van der Waals surface area contributed by atoms with E-state index in [1.54, 1.807) is 23.2 Å². The number of rotatable bonds is 3. The molecule has 2 aromatic rings. The van der Waals surface area contributed by atoms with Crippen molar-refractivity contribution >= 4 is 33.4 Å². The van der Waals surface area contributed by atoms with Gasteiger partial charge in [0.2, 0.25) is 5.88 Å². The van der Waals surface area contributed by atoms with Crippen LogP contribution in [0.25, 0.3) is 0 Å². The summed E-state index contributed by atoms with van der Waals surface area (Å²) in [5, 5.41) is 0.572. The fraction of sp³-hybridized carbons (Fsp3) is 0.200. The Hall–Kier alpha value is -1.59. The Kier molecular flexibility index (Phi) is 4.12. The van der Waals surface area contributed by atoms with Crippen LogP contribution in [0.1, 0.15) is 10.4 Å². The highest BCUT2D eigenvalue weighted by molar-refractivity contribution is 9.10. The number of carbonyl (C=O) groups excluding carboxylic acids is 1. The molecule has 4 nitrogen and oxygen atoms in total. The van der Waals surface area contributed by atoms with E-state index >= 15 is 0 Å². The molecule has 1 aromatic carbocycles. The van der Waals surface area contributed by atoms with Crippen LogP contribution >= 0.6 is 27.5 Å². The molecular weight excluding hydrogens is 356 g/mol. The summed E-state index contributed by atoms with van der Waals surface area (Å²) in [5.74, 6) is 0.541. The van der Waals surface area contributed by atoms with Crippen molar-refractivity contribution in [1.82, 2.24) is 9.88 Å². The Labute approximate surface area is 135 Å². The summed E-state index contributed by atoms with van der Waals surface area (Å²) >= 11 is 9.13. The lowest BCUT2D eigenvalue weighted by Gasteiger charge is -2.38. The molecule has 0 saturated carbocycles. The average Bonchev–Trinajstić information content (AvgIpc) is 2.44. The van der Waals surface area contributed by atoms with Gasteiger partial charge in [0, 0.05) is 22.3 Å². The molecule has 0 atom stereocenters. The van der Waals surface area contributed by atoms with Gasteiger partial charge in [0.1, 0.15) is 6.10 Å². The molecule has 3 rings (SSSR count). The zero-order chi connectivity index (χ0) is 14.8. The second-order valence-electron chi connectivity index (χ2n) is 4.77. The summed E-state index contributed by atoms with van der Waals surface area (Å²) in [6, 6.07) is 10.8. The second-order valence-corrected chi connectivity index (χ2v) is 6.13. The molecule has 2 heterocycles. The third kappa shape index (κ3) is 3.36. The van der Waals surface area contributed by atoms with E-state index in [1.165, 1.54) is 0 Å². The van der Waals surface area contributed by atoms with Gasteiger partial charge in [0.15, 0.2) is 0 Å². The molecule has 108 valence electrons. The highest BCUT2D eigenvalue weighted by Gasteiger charge is 2.33. The van der Waals surface area contributed by atoms with Gasteiger partial charge in [-0.3, -0.25) is 4.79 Å². The number of hydrogen-bond acceptors (Lipinski definition) is 3. The SMILES string of the molecule is O=C(c1cccc(Br)c1)N1CC(Oc2ccc(Cl)cn2)C1. The average molecular weight is 368 g/mol. The largest absolute Gasteiger partial charge is 0.471 e. The van der Waals surface area contributed by atoms with Gasteiger partial charge in [0.05, 0.1) is 18.1 Å². The highest BCUT2D eigenvalue weighted by Crippen LogP contribution is 2.20. The first-order chi connectivity index (χ1) is 10.1. The minimum absolute atomic E-state index is 0.0141. The third-order valence-electron chi connectivity index (χ3n) is 3.19. The fourth-order valence-electron chi connectivity index (χ4n) is 2.09. The zero-order valence-corrected chi connectivity index (χ0v) is 13.3. The lowest BCUT2D eigenvalue weighted by atomic mass is 10.1. The van der Waals surface area contributed by atoms with Crippen LogP contribution < -0.4 is 4.74 Å². The number of ether oxygens (including phenoxy) is 1. The fourth-order valence-corrected chi connectivity index (χ4v) is 2.60. The molecule has 0 radical (unpaired) electrons. The van der Waals surface area contributed by atoms with Crippen LogP contribution in [0.15, 0.2) is 47.1 Å². The standard InChI is InChI=1S/C15H12BrClN2O2/c16-11-3-1-2-10(6-11)15(20)19-8-13(9-19)21-14-5-4-12(17)7-18-14/h1-7,13H,8-9H2. The highest BCUT2D eigenvalue weighted by atomic mass is 79.9. The Morgan fingerprint density at radius 3 is 2.81 bits per heavy atom. The normalized spacial score (nSPS) is 14.7. The molecule has 1 aliphatic rings. The van der Waals surface area contributed by atoms with E-state index in [1.807, 2.05) is 24.3 Å². The molecule has 1 saturated heterocycles. The van der Waals surface area contributed by atoms with E-state index in [-0.39, 0.29) is 12.0 Å². The molecule has 0 aliphatic carbocycles. The first kappa shape index (κ1) is 14.4. The van der Waals surface area contributed by atoms with Crippen molar-refractivity contribution in [3.63, 3.8) is 0 Å². The number of nitrogens with zero attached hydrogens (tertiary/aromatic N) is 2. The molecule has 1 aliphatic heterocycles.